The van der Waals surface area contributed by atoms with Crippen molar-refractivity contribution in [2.45, 2.75) is 12.5 Å². The van der Waals surface area contributed by atoms with E-state index < -0.39 is 18.0 Å². The summed E-state index contributed by atoms with van der Waals surface area (Å²) in [5.74, 6) is -0.573. The normalized spacial score (nSPS) is 19.6. The highest BCUT2D eigenvalue weighted by Gasteiger charge is 2.29. The van der Waals surface area contributed by atoms with Crippen LogP contribution in [-0.2, 0) is 19.1 Å². The maximum atomic E-state index is 11.4. The van der Waals surface area contributed by atoms with Crippen LogP contribution in [0.4, 0.5) is 0 Å². The molecule has 0 aliphatic carbocycles. The molecule has 6 heteroatoms. The molecule has 0 N–H and O–H groups in total. The Morgan fingerprint density at radius 2 is 2.35 bits per heavy atom. The van der Waals surface area contributed by atoms with Crippen LogP contribution in [0.3, 0.4) is 0 Å². The van der Waals surface area contributed by atoms with Crippen molar-refractivity contribution >= 4 is 33.9 Å². The molecule has 1 atom stereocenters. The number of carbonyl (C=O) groups excluding carboxylic acids is 2. The Balaban J connectivity index is 1.88. The van der Waals surface area contributed by atoms with E-state index in [1.807, 2.05) is 0 Å². The predicted molar refractivity (Wildman–Crippen MR) is 60.9 cm³/mol. The van der Waals surface area contributed by atoms with Crippen LogP contribution < -0.4 is 0 Å². The SMILES string of the molecule is O=C(/C=C/c1ccc(Br)o1)OC1CCOC1=O. The van der Waals surface area contributed by atoms with Crippen molar-refractivity contribution in [3.05, 3.63) is 28.6 Å². The zero-order valence-corrected chi connectivity index (χ0v) is 10.3. The second kappa shape index (κ2) is 5.18. The van der Waals surface area contributed by atoms with Crippen molar-refractivity contribution in [1.29, 1.82) is 0 Å². The standard InChI is InChI=1S/C11H9BrO5/c12-9-3-1-7(16-9)2-4-10(13)17-8-5-6-15-11(8)14/h1-4,8H,5-6H2/b4-2+. The number of halogens is 1. The molecule has 1 aromatic rings. The van der Waals surface area contributed by atoms with E-state index in [2.05, 4.69) is 20.7 Å². The highest BCUT2D eigenvalue weighted by Crippen LogP contribution is 2.15. The van der Waals surface area contributed by atoms with Crippen LogP contribution in [-0.4, -0.2) is 24.6 Å². The first-order valence-corrected chi connectivity index (χ1v) is 5.75. The van der Waals surface area contributed by atoms with E-state index in [-0.39, 0.29) is 0 Å². The van der Waals surface area contributed by atoms with Crippen molar-refractivity contribution in [3.8, 4) is 0 Å². The van der Waals surface area contributed by atoms with Crippen LogP contribution in [0.15, 0.2) is 27.3 Å². The Hall–Kier alpha value is -1.56. The van der Waals surface area contributed by atoms with Gasteiger partial charge in [0.25, 0.3) is 0 Å². The molecule has 0 radical (unpaired) electrons. The Morgan fingerprint density at radius 3 is 2.94 bits per heavy atom. The van der Waals surface area contributed by atoms with Gasteiger partial charge in [0.15, 0.2) is 4.67 Å². The highest BCUT2D eigenvalue weighted by molar-refractivity contribution is 9.10. The zero-order valence-electron chi connectivity index (χ0n) is 8.72. The molecule has 1 saturated heterocycles. The fourth-order valence-corrected chi connectivity index (χ4v) is 1.65. The molecular weight excluding hydrogens is 292 g/mol. The van der Waals surface area contributed by atoms with E-state index in [1.54, 1.807) is 12.1 Å². The molecule has 17 heavy (non-hydrogen) atoms. The molecule has 90 valence electrons. The number of cyclic esters (lactones) is 1. The van der Waals surface area contributed by atoms with Crippen molar-refractivity contribution < 1.29 is 23.5 Å². The molecule has 1 fully saturated rings. The van der Waals surface area contributed by atoms with Gasteiger partial charge in [-0.25, -0.2) is 9.59 Å². The maximum absolute atomic E-state index is 11.4. The summed E-state index contributed by atoms with van der Waals surface area (Å²) < 4.78 is 15.3. The lowest BCUT2D eigenvalue weighted by atomic mass is 10.3. The number of hydrogen-bond donors (Lipinski definition) is 0. The molecule has 2 heterocycles. The van der Waals surface area contributed by atoms with Crippen LogP contribution in [0.25, 0.3) is 6.08 Å². The third-order valence-corrected chi connectivity index (χ3v) is 2.55. The van der Waals surface area contributed by atoms with E-state index in [0.29, 0.717) is 23.5 Å². The Morgan fingerprint density at radius 1 is 1.53 bits per heavy atom. The molecule has 1 aromatic heterocycles. The number of furan rings is 1. The fourth-order valence-electron chi connectivity index (χ4n) is 1.33. The lowest BCUT2D eigenvalue weighted by Gasteiger charge is -2.04. The predicted octanol–water partition coefficient (Wildman–Crippen LogP) is 1.91. The third kappa shape index (κ3) is 3.20. The van der Waals surface area contributed by atoms with Crippen molar-refractivity contribution in [2.24, 2.45) is 0 Å². The quantitative estimate of drug-likeness (QED) is 0.630. The Kier molecular flexibility index (Phi) is 3.63. The molecule has 1 aliphatic heterocycles. The number of hydrogen-bond acceptors (Lipinski definition) is 5. The first-order chi connectivity index (χ1) is 8.15. The first-order valence-electron chi connectivity index (χ1n) is 4.96. The lowest BCUT2D eigenvalue weighted by molar-refractivity contribution is -0.156. The van der Waals surface area contributed by atoms with Crippen molar-refractivity contribution in [1.82, 2.24) is 0 Å². The van der Waals surface area contributed by atoms with Gasteiger partial charge in [0.2, 0.25) is 6.10 Å². The minimum atomic E-state index is -0.782. The monoisotopic (exact) mass is 300 g/mol. The largest absolute Gasteiger partial charge is 0.463 e. The minimum Gasteiger partial charge on any atom is -0.463 e. The van der Waals surface area contributed by atoms with Crippen molar-refractivity contribution in [3.63, 3.8) is 0 Å². The van der Waals surface area contributed by atoms with Gasteiger partial charge in [-0.05, 0) is 34.1 Å². The maximum Gasteiger partial charge on any atom is 0.347 e. The van der Waals surface area contributed by atoms with Crippen LogP contribution >= 0.6 is 15.9 Å². The molecule has 0 bridgehead atoms. The van der Waals surface area contributed by atoms with Gasteiger partial charge in [-0.3, -0.25) is 0 Å². The fraction of sp³-hybridized carbons (Fsp3) is 0.273. The summed E-state index contributed by atoms with van der Waals surface area (Å²) in [6.45, 7) is 0.297. The number of carbonyl (C=O) groups is 2. The second-order valence-electron chi connectivity index (χ2n) is 3.36. The van der Waals surface area contributed by atoms with E-state index >= 15 is 0 Å². The molecule has 5 nitrogen and oxygen atoms in total. The molecule has 0 amide bonds. The second-order valence-corrected chi connectivity index (χ2v) is 4.14. The van der Waals surface area contributed by atoms with Crippen LogP contribution in [0.5, 0.6) is 0 Å². The third-order valence-electron chi connectivity index (χ3n) is 2.12. The van der Waals surface area contributed by atoms with Crippen LogP contribution in [0.2, 0.25) is 0 Å². The summed E-state index contributed by atoms with van der Waals surface area (Å²) in [6, 6.07) is 3.40. The van der Waals surface area contributed by atoms with Crippen molar-refractivity contribution in [2.75, 3.05) is 6.61 Å². The van der Waals surface area contributed by atoms with Crippen LogP contribution in [0, 0.1) is 0 Å². The smallest absolute Gasteiger partial charge is 0.347 e. The van der Waals surface area contributed by atoms with E-state index in [1.165, 1.54) is 12.2 Å². The summed E-state index contributed by atoms with van der Waals surface area (Å²) in [5, 5.41) is 0. The lowest BCUT2D eigenvalue weighted by Crippen LogP contribution is -2.21. The van der Waals surface area contributed by atoms with E-state index in [9.17, 15) is 9.59 Å². The molecule has 0 saturated carbocycles. The zero-order chi connectivity index (χ0) is 12.3. The summed E-state index contributed by atoms with van der Waals surface area (Å²) in [6.07, 6.45) is 2.30. The Bertz CT molecular complexity index is 462. The number of esters is 2. The molecular formula is C11H9BrO5. The number of ether oxygens (including phenoxy) is 2. The van der Waals surface area contributed by atoms with Gasteiger partial charge in [-0.1, -0.05) is 0 Å². The number of rotatable bonds is 3. The molecule has 0 spiro atoms. The summed E-state index contributed by atoms with van der Waals surface area (Å²) in [5.41, 5.74) is 0. The first kappa shape index (κ1) is 11.9. The van der Waals surface area contributed by atoms with Crippen LogP contribution in [0.1, 0.15) is 12.2 Å². The molecule has 1 aliphatic rings. The van der Waals surface area contributed by atoms with E-state index in [0.717, 1.165) is 0 Å². The van der Waals surface area contributed by atoms with Gasteiger partial charge < -0.3 is 13.9 Å². The average Bonchev–Trinajstić information content (AvgIpc) is 2.86. The van der Waals surface area contributed by atoms with Gasteiger partial charge in [0, 0.05) is 12.5 Å². The molecule has 2 rings (SSSR count). The summed E-state index contributed by atoms with van der Waals surface area (Å²) in [4.78, 5) is 22.4. The van der Waals surface area contributed by atoms with Gasteiger partial charge in [-0.15, -0.1) is 0 Å². The summed E-state index contributed by atoms with van der Waals surface area (Å²) in [7, 11) is 0. The minimum absolute atomic E-state index is 0.297. The van der Waals surface area contributed by atoms with Gasteiger partial charge in [0.1, 0.15) is 5.76 Å². The van der Waals surface area contributed by atoms with Gasteiger partial charge in [0.05, 0.1) is 6.61 Å². The van der Waals surface area contributed by atoms with Gasteiger partial charge in [-0.2, -0.15) is 0 Å². The average molecular weight is 301 g/mol. The van der Waals surface area contributed by atoms with E-state index in [4.69, 9.17) is 9.15 Å². The highest BCUT2D eigenvalue weighted by atomic mass is 79.9. The van der Waals surface area contributed by atoms with Gasteiger partial charge >= 0.3 is 11.9 Å². The molecule has 0 aromatic carbocycles. The Labute approximate surface area is 106 Å². The topological polar surface area (TPSA) is 65.7 Å². The molecule has 1 unspecified atom stereocenters. The summed E-state index contributed by atoms with van der Waals surface area (Å²) >= 11 is 3.14.